The largest absolute Gasteiger partial charge is 0.489 e. The number of carbonyl (C=O) groups is 1. The highest BCUT2D eigenvalue weighted by Gasteiger charge is 1.98. The average Bonchev–Trinajstić information content (AvgIpc) is 2.56. The number of hydrogen-bond acceptors (Lipinski definition) is 4. The molecule has 116 valence electrons. The fourth-order valence-corrected chi connectivity index (χ4v) is 1.69. The molecule has 0 aromatic heterocycles. The molecular formula is C17H14FN3O2. The standard InChI is InChI=1S/C17H14FN3O2/c18-15-5-1-14(2-6-15)12-23-16-7-3-13(4-8-16)11-20-21-17(22)9-10-19/h1-8,11H,9,12H2,(H,21,22)/b20-11-. The smallest absolute Gasteiger partial charge is 0.254 e. The highest BCUT2D eigenvalue weighted by molar-refractivity contribution is 5.83. The number of ether oxygens (including phenoxy) is 1. The van der Waals surface area contributed by atoms with Gasteiger partial charge in [0.25, 0.3) is 5.91 Å². The topological polar surface area (TPSA) is 74.5 Å². The number of halogens is 1. The summed E-state index contributed by atoms with van der Waals surface area (Å²) in [6, 6.07) is 14.9. The minimum absolute atomic E-state index is 0.229. The van der Waals surface area contributed by atoms with Crippen molar-refractivity contribution < 1.29 is 13.9 Å². The average molecular weight is 311 g/mol. The first-order chi connectivity index (χ1) is 11.2. The van der Waals surface area contributed by atoms with Crippen molar-refractivity contribution in [2.45, 2.75) is 13.0 Å². The van der Waals surface area contributed by atoms with E-state index in [1.807, 2.05) is 0 Å². The molecule has 2 aromatic carbocycles. The number of hydrazone groups is 1. The van der Waals surface area contributed by atoms with Crippen LogP contribution in [0.4, 0.5) is 4.39 Å². The van der Waals surface area contributed by atoms with Gasteiger partial charge in [-0.3, -0.25) is 4.79 Å². The number of amides is 1. The molecule has 6 heteroatoms. The molecular weight excluding hydrogens is 297 g/mol. The van der Waals surface area contributed by atoms with Crippen LogP contribution < -0.4 is 10.2 Å². The Morgan fingerprint density at radius 3 is 2.57 bits per heavy atom. The van der Waals surface area contributed by atoms with Gasteiger partial charge in [0.2, 0.25) is 0 Å². The Hall–Kier alpha value is -3.20. The Balaban J connectivity index is 1.84. The van der Waals surface area contributed by atoms with E-state index in [0.29, 0.717) is 12.4 Å². The predicted molar refractivity (Wildman–Crippen MR) is 83.1 cm³/mol. The lowest BCUT2D eigenvalue weighted by Gasteiger charge is -2.06. The van der Waals surface area contributed by atoms with Crippen LogP contribution in [0.2, 0.25) is 0 Å². The Bertz CT molecular complexity index is 719. The fraction of sp³-hybridized carbons (Fsp3) is 0.118. The van der Waals surface area contributed by atoms with Gasteiger partial charge in [-0.15, -0.1) is 0 Å². The van der Waals surface area contributed by atoms with Crippen molar-refractivity contribution in [3.8, 4) is 11.8 Å². The maximum absolute atomic E-state index is 12.8. The SMILES string of the molecule is N#CCC(=O)N/N=C\c1ccc(OCc2ccc(F)cc2)cc1. The van der Waals surface area contributed by atoms with E-state index in [1.54, 1.807) is 42.5 Å². The summed E-state index contributed by atoms with van der Waals surface area (Å²) in [5, 5.41) is 12.1. The maximum atomic E-state index is 12.8. The molecule has 0 heterocycles. The molecule has 0 saturated carbocycles. The zero-order valence-electron chi connectivity index (χ0n) is 12.2. The number of carbonyl (C=O) groups excluding carboxylic acids is 1. The molecule has 0 fully saturated rings. The first-order valence-electron chi connectivity index (χ1n) is 6.83. The first-order valence-corrected chi connectivity index (χ1v) is 6.83. The van der Waals surface area contributed by atoms with Crippen LogP contribution in [0, 0.1) is 17.1 Å². The Morgan fingerprint density at radius 2 is 1.91 bits per heavy atom. The third-order valence-electron chi connectivity index (χ3n) is 2.84. The number of hydrogen-bond donors (Lipinski definition) is 1. The van der Waals surface area contributed by atoms with Crippen LogP contribution in [0.1, 0.15) is 17.5 Å². The molecule has 0 spiro atoms. The highest BCUT2D eigenvalue weighted by Crippen LogP contribution is 2.13. The molecule has 0 aliphatic heterocycles. The number of nitriles is 1. The number of benzene rings is 2. The lowest BCUT2D eigenvalue weighted by Crippen LogP contribution is -2.16. The van der Waals surface area contributed by atoms with E-state index in [4.69, 9.17) is 10.00 Å². The second-order valence-electron chi connectivity index (χ2n) is 4.61. The van der Waals surface area contributed by atoms with Crippen LogP contribution in [0.3, 0.4) is 0 Å². The van der Waals surface area contributed by atoms with Gasteiger partial charge in [0.1, 0.15) is 24.6 Å². The van der Waals surface area contributed by atoms with Crippen LogP contribution in [0.15, 0.2) is 53.6 Å². The van der Waals surface area contributed by atoms with E-state index in [1.165, 1.54) is 18.3 Å². The van der Waals surface area contributed by atoms with Gasteiger partial charge in [0, 0.05) is 0 Å². The van der Waals surface area contributed by atoms with E-state index < -0.39 is 5.91 Å². The van der Waals surface area contributed by atoms with Gasteiger partial charge in [-0.2, -0.15) is 10.4 Å². The van der Waals surface area contributed by atoms with Crippen LogP contribution in [0.25, 0.3) is 0 Å². The molecule has 1 N–H and O–H groups in total. The summed E-state index contributed by atoms with van der Waals surface area (Å²) >= 11 is 0. The van der Waals surface area contributed by atoms with Crippen molar-refractivity contribution in [2.24, 2.45) is 5.10 Å². The van der Waals surface area contributed by atoms with Gasteiger partial charge in [-0.25, -0.2) is 9.82 Å². The summed E-state index contributed by atoms with van der Waals surface area (Å²) in [5.74, 6) is -0.0674. The Labute approximate surface area is 133 Å². The van der Waals surface area contributed by atoms with Crippen molar-refractivity contribution >= 4 is 12.1 Å². The number of nitrogens with one attached hydrogen (secondary N) is 1. The normalized spacial score (nSPS) is 10.3. The lowest BCUT2D eigenvalue weighted by atomic mass is 10.2. The molecule has 1 amide bonds. The molecule has 0 saturated heterocycles. The summed E-state index contributed by atoms with van der Waals surface area (Å²) in [7, 11) is 0. The lowest BCUT2D eigenvalue weighted by molar-refractivity contribution is -0.120. The first kappa shape index (κ1) is 16.2. The molecule has 0 aliphatic rings. The van der Waals surface area contributed by atoms with Crippen molar-refractivity contribution in [1.29, 1.82) is 5.26 Å². The van der Waals surface area contributed by atoms with Gasteiger partial charge in [-0.05, 0) is 47.5 Å². The van der Waals surface area contributed by atoms with Gasteiger partial charge >= 0.3 is 0 Å². The molecule has 2 rings (SSSR count). The Morgan fingerprint density at radius 1 is 1.22 bits per heavy atom. The molecule has 5 nitrogen and oxygen atoms in total. The molecule has 23 heavy (non-hydrogen) atoms. The summed E-state index contributed by atoms with van der Waals surface area (Å²) in [4.78, 5) is 11.0. The molecule has 0 bridgehead atoms. The van der Waals surface area contributed by atoms with Gasteiger partial charge in [-0.1, -0.05) is 12.1 Å². The van der Waals surface area contributed by atoms with E-state index in [2.05, 4.69) is 10.5 Å². The molecule has 2 aromatic rings. The van der Waals surface area contributed by atoms with E-state index >= 15 is 0 Å². The predicted octanol–water partition coefficient (Wildman–Crippen LogP) is 2.77. The van der Waals surface area contributed by atoms with Crippen LogP contribution in [-0.2, 0) is 11.4 Å². The summed E-state index contributed by atoms with van der Waals surface area (Å²) in [6.07, 6.45) is 1.24. The second kappa shape index (κ2) is 8.29. The van der Waals surface area contributed by atoms with Crippen molar-refractivity contribution in [3.63, 3.8) is 0 Å². The molecule has 0 radical (unpaired) electrons. The zero-order chi connectivity index (χ0) is 16.5. The van der Waals surface area contributed by atoms with E-state index in [0.717, 1.165) is 11.1 Å². The van der Waals surface area contributed by atoms with Crippen LogP contribution in [-0.4, -0.2) is 12.1 Å². The van der Waals surface area contributed by atoms with Gasteiger partial charge < -0.3 is 4.74 Å². The fourth-order valence-electron chi connectivity index (χ4n) is 1.69. The third kappa shape index (κ3) is 5.59. The van der Waals surface area contributed by atoms with Crippen LogP contribution >= 0.6 is 0 Å². The maximum Gasteiger partial charge on any atom is 0.254 e. The number of nitrogens with zero attached hydrogens (tertiary/aromatic N) is 2. The summed E-state index contributed by atoms with van der Waals surface area (Å²) < 4.78 is 18.4. The van der Waals surface area contributed by atoms with Crippen molar-refractivity contribution in [1.82, 2.24) is 5.43 Å². The monoisotopic (exact) mass is 311 g/mol. The van der Waals surface area contributed by atoms with Gasteiger partial charge in [0.15, 0.2) is 0 Å². The molecule has 0 atom stereocenters. The quantitative estimate of drug-likeness (QED) is 0.658. The van der Waals surface area contributed by atoms with E-state index in [9.17, 15) is 9.18 Å². The van der Waals surface area contributed by atoms with Crippen molar-refractivity contribution in [2.75, 3.05) is 0 Å². The Kier molecular flexibility index (Phi) is 5.83. The zero-order valence-corrected chi connectivity index (χ0v) is 12.2. The minimum atomic E-state index is -0.456. The minimum Gasteiger partial charge on any atom is -0.489 e. The number of rotatable bonds is 6. The second-order valence-corrected chi connectivity index (χ2v) is 4.61. The van der Waals surface area contributed by atoms with E-state index in [-0.39, 0.29) is 12.2 Å². The third-order valence-corrected chi connectivity index (χ3v) is 2.84. The van der Waals surface area contributed by atoms with Crippen LogP contribution in [0.5, 0.6) is 5.75 Å². The summed E-state index contributed by atoms with van der Waals surface area (Å²) in [5.41, 5.74) is 3.89. The molecule has 0 unspecified atom stereocenters. The summed E-state index contributed by atoms with van der Waals surface area (Å²) in [6.45, 7) is 0.345. The van der Waals surface area contributed by atoms with Crippen molar-refractivity contribution in [3.05, 3.63) is 65.5 Å². The van der Waals surface area contributed by atoms with Gasteiger partial charge in [0.05, 0.1) is 12.3 Å². The molecule has 0 aliphatic carbocycles. The highest BCUT2D eigenvalue weighted by atomic mass is 19.1.